The first kappa shape index (κ1) is 20.0. The monoisotopic (exact) mass is 427 g/mol. The minimum atomic E-state index is -0.488. The molecule has 2 aliphatic rings. The number of benzene rings is 1. The number of rotatable bonds is 4. The lowest BCUT2D eigenvalue weighted by Gasteiger charge is -2.38. The maximum Gasteiger partial charge on any atom is 0.257 e. The molecule has 1 atom stereocenters. The number of Topliss-reactive ketones (excluding diaryl/α,β-unsaturated/α-hetero) is 1. The van der Waals surface area contributed by atoms with Crippen LogP contribution in [0.1, 0.15) is 43.7 Å². The molecule has 150 valence electrons. The molecule has 0 saturated heterocycles. The summed E-state index contributed by atoms with van der Waals surface area (Å²) in [5.74, 6) is 0.718. The largest absolute Gasteiger partial charge is 0.343 e. The predicted molar refractivity (Wildman–Crippen MR) is 118 cm³/mol. The van der Waals surface area contributed by atoms with Gasteiger partial charge in [-0.1, -0.05) is 55.4 Å². The highest BCUT2D eigenvalue weighted by Gasteiger charge is 2.42. The van der Waals surface area contributed by atoms with E-state index in [-0.39, 0.29) is 16.8 Å². The number of halogens is 1. The van der Waals surface area contributed by atoms with Crippen LogP contribution in [0.2, 0.25) is 5.02 Å². The van der Waals surface area contributed by atoms with Crippen molar-refractivity contribution in [2.45, 2.75) is 37.8 Å². The molecular formula is C22H22ClN3O2S. The number of anilines is 1. The van der Waals surface area contributed by atoms with Crippen LogP contribution in [-0.4, -0.2) is 21.5 Å². The molecule has 1 aromatic carbocycles. The molecule has 0 amide bonds. The molecule has 0 saturated carbocycles. The fourth-order valence-corrected chi connectivity index (χ4v) is 4.91. The summed E-state index contributed by atoms with van der Waals surface area (Å²) in [5.41, 5.74) is 2.38. The molecule has 1 unspecified atom stereocenters. The zero-order chi connectivity index (χ0) is 20.8. The van der Waals surface area contributed by atoms with Crippen molar-refractivity contribution < 1.29 is 4.79 Å². The molecule has 4 rings (SSSR count). The van der Waals surface area contributed by atoms with Gasteiger partial charge in [0.1, 0.15) is 5.82 Å². The van der Waals surface area contributed by atoms with E-state index < -0.39 is 5.92 Å². The van der Waals surface area contributed by atoms with Gasteiger partial charge in [0.05, 0.1) is 5.56 Å². The number of aromatic amines is 1. The second-order valence-electron chi connectivity index (χ2n) is 8.18. The Labute approximate surface area is 178 Å². The summed E-state index contributed by atoms with van der Waals surface area (Å²) < 4.78 is 0. The highest BCUT2D eigenvalue weighted by Crippen LogP contribution is 2.47. The van der Waals surface area contributed by atoms with Crippen molar-refractivity contribution >= 4 is 35.0 Å². The van der Waals surface area contributed by atoms with Gasteiger partial charge in [-0.05, 0) is 29.5 Å². The van der Waals surface area contributed by atoms with Crippen LogP contribution < -0.4 is 10.9 Å². The van der Waals surface area contributed by atoms with E-state index in [9.17, 15) is 9.59 Å². The summed E-state index contributed by atoms with van der Waals surface area (Å²) in [5, 5.41) is 4.40. The Balaban J connectivity index is 1.93. The van der Waals surface area contributed by atoms with Crippen molar-refractivity contribution in [2.24, 2.45) is 5.41 Å². The average molecular weight is 428 g/mol. The summed E-state index contributed by atoms with van der Waals surface area (Å²) in [6.45, 7) is 7.87. The molecule has 2 N–H and O–H groups in total. The lowest BCUT2D eigenvalue weighted by Crippen LogP contribution is -2.37. The van der Waals surface area contributed by atoms with Gasteiger partial charge in [-0.15, -0.1) is 6.58 Å². The molecule has 1 aliphatic heterocycles. The molecule has 0 radical (unpaired) electrons. The number of hydrogen-bond donors (Lipinski definition) is 2. The van der Waals surface area contributed by atoms with E-state index in [2.05, 4.69) is 35.7 Å². The van der Waals surface area contributed by atoms with Crippen LogP contribution in [0.5, 0.6) is 0 Å². The number of carbonyl (C=O) groups is 1. The molecule has 1 aromatic heterocycles. The van der Waals surface area contributed by atoms with Gasteiger partial charge in [-0.3, -0.25) is 9.59 Å². The molecule has 5 nitrogen and oxygen atoms in total. The third kappa shape index (κ3) is 3.79. The fourth-order valence-electron chi connectivity index (χ4n) is 4.12. The summed E-state index contributed by atoms with van der Waals surface area (Å²) in [4.78, 5) is 33.7. The van der Waals surface area contributed by atoms with Gasteiger partial charge < -0.3 is 10.3 Å². The number of aromatic nitrogens is 2. The summed E-state index contributed by atoms with van der Waals surface area (Å²) in [6, 6.07) is 7.35. The second kappa shape index (κ2) is 7.50. The van der Waals surface area contributed by atoms with Gasteiger partial charge in [0.15, 0.2) is 10.9 Å². The van der Waals surface area contributed by atoms with Crippen LogP contribution in [0.4, 0.5) is 5.82 Å². The molecule has 0 bridgehead atoms. The molecule has 0 fully saturated rings. The number of nitrogens with zero attached hydrogens (tertiary/aromatic N) is 1. The standard InChI is InChI=1S/C22H22ClN3O2S/c1-4-8-29-21-25-19-18(20(28)26-21)16(12-6-5-7-13(23)9-12)17-14(24-19)10-22(2,3)11-15(17)27/h4-7,9,16H,1,8,10-11H2,2-3H3,(H2,24,25,26,28). The highest BCUT2D eigenvalue weighted by molar-refractivity contribution is 7.99. The Morgan fingerprint density at radius 1 is 1.34 bits per heavy atom. The molecule has 29 heavy (non-hydrogen) atoms. The lowest BCUT2D eigenvalue weighted by atomic mass is 9.69. The quantitative estimate of drug-likeness (QED) is 0.412. The Bertz CT molecular complexity index is 1100. The van der Waals surface area contributed by atoms with Crippen LogP contribution in [0.3, 0.4) is 0 Å². The normalized spacial score (nSPS) is 20.0. The third-order valence-electron chi connectivity index (χ3n) is 5.22. The topological polar surface area (TPSA) is 74.8 Å². The maximum absolute atomic E-state index is 13.2. The van der Waals surface area contributed by atoms with Crippen molar-refractivity contribution in [1.82, 2.24) is 9.97 Å². The van der Waals surface area contributed by atoms with E-state index in [1.807, 2.05) is 18.2 Å². The van der Waals surface area contributed by atoms with E-state index in [0.717, 1.165) is 11.3 Å². The van der Waals surface area contributed by atoms with Crippen molar-refractivity contribution in [3.63, 3.8) is 0 Å². The predicted octanol–water partition coefficient (Wildman–Crippen LogP) is 4.90. The minimum absolute atomic E-state index is 0.0592. The first-order chi connectivity index (χ1) is 13.8. The lowest BCUT2D eigenvalue weighted by molar-refractivity contribution is -0.118. The zero-order valence-electron chi connectivity index (χ0n) is 16.3. The van der Waals surface area contributed by atoms with Crippen molar-refractivity contribution in [3.8, 4) is 0 Å². The van der Waals surface area contributed by atoms with Crippen molar-refractivity contribution in [3.05, 3.63) is 74.7 Å². The Kier molecular flexibility index (Phi) is 5.17. The van der Waals surface area contributed by atoms with E-state index in [0.29, 0.717) is 45.7 Å². The Hall–Kier alpha value is -2.31. The molecular weight excluding hydrogens is 406 g/mol. The number of allylic oxidation sites excluding steroid dienone is 2. The van der Waals surface area contributed by atoms with E-state index in [1.165, 1.54) is 11.8 Å². The van der Waals surface area contributed by atoms with Gasteiger partial charge in [0.25, 0.3) is 5.56 Å². The van der Waals surface area contributed by atoms with Crippen molar-refractivity contribution in [2.75, 3.05) is 11.1 Å². The first-order valence-electron chi connectivity index (χ1n) is 9.46. The van der Waals surface area contributed by atoms with E-state index >= 15 is 0 Å². The smallest absolute Gasteiger partial charge is 0.257 e. The minimum Gasteiger partial charge on any atom is -0.343 e. The van der Waals surface area contributed by atoms with Crippen LogP contribution >= 0.6 is 23.4 Å². The van der Waals surface area contributed by atoms with Gasteiger partial charge in [-0.2, -0.15) is 0 Å². The number of fused-ring (bicyclic) bond motifs is 1. The van der Waals surface area contributed by atoms with E-state index in [4.69, 9.17) is 11.6 Å². The molecule has 0 spiro atoms. The van der Waals surface area contributed by atoms with Gasteiger partial charge in [0.2, 0.25) is 0 Å². The Morgan fingerprint density at radius 2 is 2.14 bits per heavy atom. The van der Waals surface area contributed by atoms with Crippen LogP contribution in [0, 0.1) is 5.41 Å². The third-order valence-corrected chi connectivity index (χ3v) is 6.32. The van der Waals surface area contributed by atoms with Crippen LogP contribution in [0.25, 0.3) is 0 Å². The number of H-pyrrole nitrogens is 1. The van der Waals surface area contributed by atoms with Gasteiger partial charge in [0, 0.05) is 34.4 Å². The Morgan fingerprint density at radius 3 is 2.86 bits per heavy atom. The maximum atomic E-state index is 13.2. The number of nitrogens with one attached hydrogen (secondary N) is 2. The molecule has 2 heterocycles. The average Bonchev–Trinajstić information content (AvgIpc) is 2.63. The second-order valence-corrected chi connectivity index (χ2v) is 9.62. The zero-order valence-corrected chi connectivity index (χ0v) is 17.9. The SMILES string of the molecule is C=CCSc1nc2c(c(=O)[nH]1)C(c1cccc(Cl)c1)C1=C(CC(C)(C)CC1=O)N2. The summed E-state index contributed by atoms with van der Waals surface area (Å²) in [6.07, 6.45) is 2.92. The van der Waals surface area contributed by atoms with Crippen LogP contribution in [0.15, 0.2) is 58.1 Å². The highest BCUT2D eigenvalue weighted by atomic mass is 35.5. The number of ketones is 1. The molecule has 2 aromatic rings. The van der Waals surface area contributed by atoms with Crippen molar-refractivity contribution in [1.29, 1.82) is 0 Å². The number of carbonyl (C=O) groups excluding carboxylic acids is 1. The molecule has 7 heteroatoms. The fraction of sp³-hybridized carbons (Fsp3) is 0.318. The van der Waals surface area contributed by atoms with Gasteiger partial charge in [-0.25, -0.2) is 4.98 Å². The summed E-state index contributed by atoms with van der Waals surface area (Å²) >= 11 is 7.65. The van der Waals surface area contributed by atoms with E-state index in [1.54, 1.807) is 12.1 Å². The number of hydrogen-bond acceptors (Lipinski definition) is 5. The van der Waals surface area contributed by atoms with Crippen LogP contribution in [-0.2, 0) is 4.79 Å². The van der Waals surface area contributed by atoms with Gasteiger partial charge >= 0.3 is 0 Å². The first-order valence-corrected chi connectivity index (χ1v) is 10.8. The number of thioether (sulfide) groups is 1. The summed E-state index contributed by atoms with van der Waals surface area (Å²) in [7, 11) is 0. The molecule has 1 aliphatic carbocycles.